The fourth-order valence-corrected chi connectivity index (χ4v) is 1.86. The average Bonchev–Trinajstić information content (AvgIpc) is 2.33. The molecule has 0 atom stereocenters. The summed E-state index contributed by atoms with van der Waals surface area (Å²) in [5.74, 6) is 5.96. The van der Waals surface area contributed by atoms with E-state index in [-0.39, 0.29) is 0 Å². The van der Waals surface area contributed by atoms with Crippen molar-refractivity contribution in [2.24, 2.45) is 0 Å². The molecule has 0 aromatic heterocycles. The fourth-order valence-electron chi connectivity index (χ4n) is 1.86. The molecule has 1 saturated heterocycles. The van der Waals surface area contributed by atoms with Crippen LogP contribution in [0.2, 0.25) is 0 Å². The maximum Gasteiger partial charge on any atom is 0.0594 e. The first-order valence-corrected chi connectivity index (χ1v) is 5.70. The molecule has 0 spiro atoms. The van der Waals surface area contributed by atoms with Gasteiger partial charge in [0.1, 0.15) is 0 Å². The van der Waals surface area contributed by atoms with Crippen molar-refractivity contribution in [1.82, 2.24) is 4.90 Å². The van der Waals surface area contributed by atoms with Crippen LogP contribution in [0.5, 0.6) is 0 Å². The third-order valence-electron chi connectivity index (χ3n) is 2.73. The molecule has 2 rings (SSSR count). The van der Waals surface area contributed by atoms with Gasteiger partial charge in [0.2, 0.25) is 0 Å². The Morgan fingerprint density at radius 3 is 2.50 bits per heavy atom. The van der Waals surface area contributed by atoms with E-state index in [4.69, 9.17) is 4.74 Å². The highest BCUT2D eigenvalue weighted by Crippen LogP contribution is 2.08. The maximum atomic E-state index is 5.33. The third kappa shape index (κ3) is 3.10. The molecule has 2 heteroatoms. The Balaban J connectivity index is 1.95. The van der Waals surface area contributed by atoms with Gasteiger partial charge in [-0.2, -0.15) is 0 Å². The van der Waals surface area contributed by atoms with Gasteiger partial charge >= 0.3 is 0 Å². The molecular formula is C14H17NO. The molecule has 16 heavy (non-hydrogen) atoms. The molecule has 1 aliphatic rings. The van der Waals surface area contributed by atoms with Gasteiger partial charge in [-0.25, -0.2) is 0 Å². The molecule has 0 N–H and O–H groups in total. The summed E-state index contributed by atoms with van der Waals surface area (Å²) in [6.07, 6.45) is 0. The van der Waals surface area contributed by atoms with Crippen molar-refractivity contribution >= 4 is 0 Å². The molecular weight excluding hydrogens is 198 g/mol. The Kier molecular flexibility index (Phi) is 3.98. The van der Waals surface area contributed by atoms with Gasteiger partial charge in [0, 0.05) is 25.2 Å². The second kappa shape index (κ2) is 5.69. The van der Waals surface area contributed by atoms with E-state index in [0.717, 1.165) is 38.4 Å². The lowest BCUT2D eigenvalue weighted by Gasteiger charge is -2.26. The molecule has 1 aromatic carbocycles. The summed E-state index contributed by atoms with van der Waals surface area (Å²) in [5.41, 5.74) is 2.44. The minimum absolute atomic E-state index is 0.861. The van der Waals surface area contributed by atoms with Gasteiger partial charge in [0.15, 0.2) is 0 Å². The van der Waals surface area contributed by atoms with Crippen LogP contribution < -0.4 is 0 Å². The molecule has 84 valence electrons. The van der Waals surface area contributed by atoms with E-state index in [9.17, 15) is 0 Å². The molecule has 1 fully saturated rings. The van der Waals surface area contributed by atoms with Crippen molar-refractivity contribution in [2.45, 2.75) is 13.5 Å². The van der Waals surface area contributed by atoms with Crippen molar-refractivity contribution in [1.29, 1.82) is 0 Å². The number of hydrogen-bond acceptors (Lipinski definition) is 2. The van der Waals surface area contributed by atoms with Crippen LogP contribution in [-0.4, -0.2) is 31.2 Å². The van der Waals surface area contributed by atoms with Crippen LogP contribution in [0.15, 0.2) is 24.3 Å². The summed E-state index contributed by atoms with van der Waals surface area (Å²) in [7, 11) is 0. The predicted molar refractivity (Wildman–Crippen MR) is 65.1 cm³/mol. The summed E-state index contributed by atoms with van der Waals surface area (Å²) in [6.45, 7) is 6.68. The number of morpholine rings is 1. The van der Waals surface area contributed by atoms with E-state index in [2.05, 4.69) is 41.0 Å². The van der Waals surface area contributed by atoms with Crippen molar-refractivity contribution in [2.75, 3.05) is 26.3 Å². The lowest BCUT2D eigenvalue weighted by Crippen LogP contribution is -2.35. The Labute approximate surface area is 97.2 Å². The minimum Gasteiger partial charge on any atom is -0.379 e. The van der Waals surface area contributed by atoms with Crippen LogP contribution in [0.25, 0.3) is 0 Å². The van der Waals surface area contributed by atoms with Crippen molar-refractivity contribution in [3.05, 3.63) is 35.4 Å². The van der Waals surface area contributed by atoms with Crippen molar-refractivity contribution in [3.8, 4) is 11.8 Å². The number of hydrogen-bond donors (Lipinski definition) is 0. The second-order valence-corrected chi connectivity index (χ2v) is 3.96. The topological polar surface area (TPSA) is 12.5 Å². The normalized spacial score (nSPS) is 16.6. The highest BCUT2D eigenvalue weighted by molar-refractivity contribution is 5.35. The van der Waals surface area contributed by atoms with E-state index in [1.54, 1.807) is 0 Å². The van der Waals surface area contributed by atoms with E-state index in [1.807, 2.05) is 6.92 Å². The smallest absolute Gasteiger partial charge is 0.0594 e. The Bertz CT molecular complexity index is 379. The number of ether oxygens (including phenoxy) is 1. The monoisotopic (exact) mass is 215 g/mol. The standard InChI is InChI=1S/C14H17NO/c1-2-3-13-4-6-14(7-5-13)12-15-8-10-16-11-9-15/h4-7H,8-12H2,1H3. The Morgan fingerprint density at radius 1 is 1.19 bits per heavy atom. The first kappa shape index (κ1) is 11.2. The van der Waals surface area contributed by atoms with Gasteiger partial charge in [-0.15, -0.1) is 5.92 Å². The van der Waals surface area contributed by atoms with Crippen LogP contribution in [0.4, 0.5) is 0 Å². The van der Waals surface area contributed by atoms with Crippen molar-refractivity contribution in [3.63, 3.8) is 0 Å². The molecule has 0 aliphatic carbocycles. The second-order valence-electron chi connectivity index (χ2n) is 3.96. The van der Waals surface area contributed by atoms with Gasteiger partial charge in [0.05, 0.1) is 13.2 Å². The number of benzene rings is 1. The quantitative estimate of drug-likeness (QED) is 0.699. The largest absolute Gasteiger partial charge is 0.379 e. The molecule has 0 bridgehead atoms. The van der Waals surface area contributed by atoms with Crippen LogP contribution in [0.1, 0.15) is 18.1 Å². The zero-order valence-electron chi connectivity index (χ0n) is 9.70. The van der Waals surface area contributed by atoms with E-state index < -0.39 is 0 Å². The zero-order chi connectivity index (χ0) is 11.2. The first-order chi connectivity index (χ1) is 7.88. The number of nitrogens with zero attached hydrogens (tertiary/aromatic N) is 1. The van der Waals surface area contributed by atoms with Gasteiger partial charge in [-0.05, 0) is 24.6 Å². The highest BCUT2D eigenvalue weighted by Gasteiger charge is 2.10. The van der Waals surface area contributed by atoms with Crippen molar-refractivity contribution < 1.29 is 4.74 Å². The molecule has 1 heterocycles. The van der Waals surface area contributed by atoms with Crippen LogP contribution in [0.3, 0.4) is 0 Å². The van der Waals surface area contributed by atoms with Gasteiger partial charge in [-0.1, -0.05) is 18.1 Å². The molecule has 0 amide bonds. The molecule has 1 aromatic rings. The highest BCUT2D eigenvalue weighted by atomic mass is 16.5. The van der Waals surface area contributed by atoms with Gasteiger partial charge < -0.3 is 4.74 Å². The predicted octanol–water partition coefficient (Wildman–Crippen LogP) is 1.89. The Morgan fingerprint density at radius 2 is 1.88 bits per heavy atom. The molecule has 1 aliphatic heterocycles. The summed E-state index contributed by atoms with van der Waals surface area (Å²) in [6, 6.07) is 8.50. The number of rotatable bonds is 2. The molecule has 0 unspecified atom stereocenters. The average molecular weight is 215 g/mol. The van der Waals surface area contributed by atoms with Gasteiger partial charge in [0.25, 0.3) is 0 Å². The summed E-state index contributed by atoms with van der Waals surface area (Å²) < 4.78 is 5.33. The van der Waals surface area contributed by atoms with E-state index in [0.29, 0.717) is 0 Å². The van der Waals surface area contributed by atoms with E-state index >= 15 is 0 Å². The summed E-state index contributed by atoms with van der Waals surface area (Å²) in [5, 5.41) is 0. The summed E-state index contributed by atoms with van der Waals surface area (Å²) in [4.78, 5) is 2.42. The van der Waals surface area contributed by atoms with E-state index in [1.165, 1.54) is 5.56 Å². The first-order valence-electron chi connectivity index (χ1n) is 5.70. The lowest BCUT2D eigenvalue weighted by molar-refractivity contribution is 0.0342. The third-order valence-corrected chi connectivity index (χ3v) is 2.73. The maximum absolute atomic E-state index is 5.33. The van der Waals surface area contributed by atoms with Crippen LogP contribution in [-0.2, 0) is 11.3 Å². The lowest BCUT2D eigenvalue weighted by atomic mass is 10.1. The molecule has 2 nitrogen and oxygen atoms in total. The molecule has 0 saturated carbocycles. The SMILES string of the molecule is CC#Cc1ccc(CN2CCOCC2)cc1. The van der Waals surface area contributed by atoms with Gasteiger partial charge in [-0.3, -0.25) is 4.90 Å². The zero-order valence-corrected chi connectivity index (χ0v) is 9.70. The minimum atomic E-state index is 0.861. The van der Waals surface area contributed by atoms with Crippen LogP contribution >= 0.6 is 0 Å². The summed E-state index contributed by atoms with van der Waals surface area (Å²) >= 11 is 0. The fraction of sp³-hybridized carbons (Fsp3) is 0.429. The Hall–Kier alpha value is -1.30. The van der Waals surface area contributed by atoms with Crippen LogP contribution in [0, 0.1) is 11.8 Å². The molecule has 0 radical (unpaired) electrons.